The number of amides is 2. The van der Waals surface area contributed by atoms with E-state index in [0.29, 0.717) is 19.4 Å². The number of aliphatic hydroxyl groups is 1. The van der Waals surface area contributed by atoms with Gasteiger partial charge >= 0.3 is 5.97 Å². The molecule has 0 radical (unpaired) electrons. The monoisotopic (exact) mass is 456 g/mol. The molecule has 3 aliphatic heterocycles. The van der Waals surface area contributed by atoms with Crippen LogP contribution < -0.4 is 0 Å². The lowest BCUT2D eigenvalue weighted by Crippen LogP contribution is -2.56. The minimum Gasteiger partial charge on any atom is -0.481 e. The zero-order valence-electron chi connectivity index (χ0n) is 19.1. The molecule has 2 amide bonds. The Bertz CT molecular complexity index is 951. The molecular formula is C25H32N2O6. The molecule has 3 aliphatic rings. The van der Waals surface area contributed by atoms with Crippen molar-refractivity contribution in [2.75, 3.05) is 19.7 Å². The molecular weight excluding hydrogens is 424 g/mol. The van der Waals surface area contributed by atoms with E-state index in [-0.39, 0.29) is 37.4 Å². The maximum absolute atomic E-state index is 14.1. The van der Waals surface area contributed by atoms with E-state index >= 15 is 0 Å². The second-order valence-electron chi connectivity index (χ2n) is 9.64. The molecule has 2 bridgehead atoms. The first-order chi connectivity index (χ1) is 15.7. The molecule has 1 spiro atoms. The fourth-order valence-corrected chi connectivity index (χ4v) is 6.24. The van der Waals surface area contributed by atoms with E-state index in [0.717, 1.165) is 5.56 Å². The first kappa shape index (κ1) is 23.4. The van der Waals surface area contributed by atoms with Crippen molar-refractivity contribution >= 4 is 17.8 Å². The van der Waals surface area contributed by atoms with Gasteiger partial charge in [-0.15, -0.1) is 6.58 Å². The van der Waals surface area contributed by atoms with Gasteiger partial charge in [0.15, 0.2) is 0 Å². The maximum Gasteiger partial charge on any atom is 0.310 e. The SMILES string of the molecule is C=CCN(Cc1ccccc1)C(=O)C1N(CCCO)C(=O)[C@@H]2[C@@H](C(=O)O)[C@]3(C)OC12CC3C. The van der Waals surface area contributed by atoms with Crippen LogP contribution in [0.15, 0.2) is 43.0 Å². The Morgan fingerprint density at radius 2 is 2.03 bits per heavy atom. The average Bonchev–Trinajstić information content (AvgIpc) is 3.29. The highest BCUT2D eigenvalue weighted by Crippen LogP contribution is 2.65. The highest BCUT2D eigenvalue weighted by atomic mass is 16.5. The van der Waals surface area contributed by atoms with Gasteiger partial charge in [-0.25, -0.2) is 0 Å². The van der Waals surface area contributed by atoms with E-state index in [1.165, 1.54) is 4.90 Å². The number of ether oxygens (including phenoxy) is 1. The number of likely N-dealkylation sites (tertiary alicyclic amines) is 1. The first-order valence-corrected chi connectivity index (χ1v) is 11.5. The third-order valence-electron chi connectivity index (χ3n) is 7.75. The Kier molecular flexibility index (Phi) is 6.09. The van der Waals surface area contributed by atoms with E-state index in [1.807, 2.05) is 37.3 Å². The number of hydrogen-bond donors (Lipinski definition) is 2. The molecule has 4 rings (SSSR count). The number of carbonyl (C=O) groups excluding carboxylic acids is 2. The highest BCUT2D eigenvalue weighted by Gasteiger charge is 2.80. The third-order valence-corrected chi connectivity index (χ3v) is 7.75. The number of fused-ring (bicyclic) bond motifs is 1. The minimum absolute atomic E-state index is 0.127. The summed E-state index contributed by atoms with van der Waals surface area (Å²) in [5, 5.41) is 19.5. The first-order valence-electron chi connectivity index (χ1n) is 11.5. The van der Waals surface area contributed by atoms with Gasteiger partial charge in [0.25, 0.3) is 0 Å². The summed E-state index contributed by atoms with van der Waals surface area (Å²) in [7, 11) is 0. The Morgan fingerprint density at radius 3 is 2.64 bits per heavy atom. The van der Waals surface area contributed by atoms with Crippen LogP contribution in [0.4, 0.5) is 0 Å². The van der Waals surface area contributed by atoms with Crippen LogP contribution in [-0.4, -0.2) is 74.7 Å². The zero-order valence-corrected chi connectivity index (χ0v) is 19.1. The number of carboxylic acids is 1. The molecule has 0 aliphatic carbocycles. The van der Waals surface area contributed by atoms with Crippen LogP contribution in [0, 0.1) is 17.8 Å². The lowest BCUT2D eigenvalue weighted by molar-refractivity contribution is -0.158. The van der Waals surface area contributed by atoms with Crippen molar-refractivity contribution in [3.63, 3.8) is 0 Å². The van der Waals surface area contributed by atoms with Gasteiger partial charge in [-0.1, -0.05) is 43.3 Å². The fourth-order valence-electron chi connectivity index (χ4n) is 6.24. The molecule has 33 heavy (non-hydrogen) atoms. The topological polar surface area (TPSA) is 107 Å². The summed E-state index contributed by atoms with van der Waals surface area (Å²) in [6.07, 6.45) is 2.37. The van der Waals surface area contributed by atoms with Crippen LogP contribution in [-0.2, 0) is 25.7 Å². The molecule has 6 atom stereocenters. The average molecular weight is 457 g/mol. The van der Waals surface area contributed by atoms with Gasteiger partial charge in [-0.05, 0) is 31.2 Å². The van der Waals surface area contributed by atoms with Gasteiger partial charge in [0.2, 0.25) is 11.8 Å². The number of rotatable bonds is 9. The number of hydrogen-bond acceptors (Lipinski definition) is 5. The predicted octanol–water partition coefficient (Wildman–Crippen LogP) is 1.68. The number of nitrogens with zero attached hydrogens (tertiary/aromatic N) is 2. The molecule has 3 fully saturated rings. The van der Waals surface area contributed by atoms with Crippen molar-refractivity contribution in [3.05, 3.63) is 48.6 Å². The van der Waals surface area contributed by atoms with E-state index in [9.17, 15) is 24.6 Å². The number of aliphatic carboxylic acids is 1. The molecule has 0 saturated carbocycles. The summed E-state index contributed by atoms with van der Waals surface area (Å²) in [5.41, 5.74) is -1.28. The van der Waals surface area contributed by atoms with E-state index in [1.54, 1.807) is 17.9 Å². The van der Waals surface area contributed by atoms with Crippen molar-refractivity contribution in [2.45, 2.75) is 50.5 Å². The zero-order chi connectivity index (χ0) is 24.0. The van der Waals surface area contributed by atoms with Gasteiger partial charge in [-0.3, -0.25) is 14.4 Å². The lowest BCUT2D eigenvalue weighted by atomic mass is 9.62. The van der Waals surface area contributed by atoms with Gasteiger partial charge in [0.1, 0.15) is 17.6 Å². The third kappa shape index (κ3) is 3.47. The smallest absolute Gasteiger partial charge is 0.310 e. The predicted molar refractivity (Wildman–Crippen MR) is 120 cm³/mol. The molecule has 178 valence electrons. The summed E-state index contributed by atoms with van der Waals surface area (Å²) >= 11 is 0. The Balaban J connectivity index is 1.76. The molecule has 0 aromatic heterocycles. The summed E-state index contributed by atoms with van der Waals surface area (Å²) in [4.78, 5) is 43.1. The van der Waals surface area contributed by atoms with Crippen LogP contribution in [0.1, 0.15) is 32.3 Å². The summed E-state index contributed by atoms with van der Waals surface area (Å²) < 4.78 is 6.47. The Labute approximate surface area is 193 Å². The van der Waals surface area contributed by atoms with Gasteiger partial charge in [0.05, 0.1) is 11.5 Å². The van der Waals surface area contributed by atoms with Crippen molar-refractivity contribution in [1.82, 2.24) is 9.80 Å². The largest absolute Gasteiger partial charge is 0.481 e. The van der Waals surface area contributed by atoms with Crippen LogP contribution >= 0.6 is 0 Å². The van der Waals surface area contributed by atoms with Crippen LogP contribution in [0.5, 0.6) is 0 Å². The second kappa shape index (κ2) is 8.57. The minimum atomic E-state index is -1.20. The maximum atomic E-state index is 14.1. The quantitative estimate of drug-likeness (QED) is 0.548. The van der Waals surface area contributed by atoms with Crippen molar-refractivity contribution < 1.29 is 29.3 Å². The molecule has 8 nitrogen and oxygen atoms in total. The molecule has 8 heteroatoms. The number of aliphatic hydroxyl groups excluding tert-OH is 1. The second-order valence-corrected chi connectivity index (χ2v) is 9.64. The molecule has 3 saturated heterocycles. The van der Waals surface area contributed by atoms with Crippen molar-refractivity contribution in [2.24, 2.45) is 17.8 Å². The molecule has 3 heterocycles. The summed E-state index contributed by atoms with van der Waals surface area (Å²) in [6, 6.07) is 8.60. The number of benzene rings is 1. The highest BCUT2D eigenvalue weighted by molar-refractivity contribution is 5.98. The number of carboxylic acid groups (broad SMARTS) is 1. The van der Waals surface area contributed by atoms with Crippen LogP contribution in [0.3, 0.4) is 0 Å². The number of carbonyl (C=O) groups is 3. The van der Waals surface area contributed by atoms with Gasteiger partial charge < -0.3 is 24.7 Å². The van der Waals surface area contributed by atoms with Gasteiger partial charge in [0, 0.05) is 26.2 Å². The normalized spacial score (nSPS) is 34.4. The summed E-state index contributed by atoms with van der Waals surface area (Å²) in [6.45, 7) is 8.11. The van der Waals surface area contributed by atoms with Crippen LogP contribution in [0.2, 0.25) is 0 Å². The lowest BCUT2D eigenvalue weighted by Gasteiger charge is -2.37. The van der Waals surface area contributed by atoms with E-state index in [2.05, 4.69) is 6.58 Å². The van der Waals surface area contributed by atoms with Gasteiger partial charge in [-0.2, -0.15) is 0 Å². The summed E-state index contributed by atoms with van der Waals surface area (Å²) in [5.74, 6) is -3.81. The fraction of sp³-hybridized carbons (Fsp3) is 0.560. The van der Waals surface area contributed by atoms with Crippen molar-refractivity contribution in [1.29, 1.82) is 0 Å². The van der Waals surface area contributed by atoms with Crippen molar-refractivity contribution in [3.8, 4) is 0 Å². The molecule has 1 aromatic carbocycles. The Hall–Kier alpha value is -2.71. The molecule has 3 unspecified atom stereocenters. The van der Waals surface area contributed by atoms with E-state index in [4.69, 9.17) is 4.74 Å². The molecule has 1 aromatic rings. The standard InChI is InChI=1S/C25H32N2O6/c1-4-11-26(15-17-9-6-5-7-10-17)22(30)20-25-14-16(2)24(3,33-25)19(23(31)32)18(25)21(29)27(20)12-8-13-28/h4-7,9-10,16,18-20,28H,1,8,11-15H2,2-3H3,(H,31,32)/t16?,18-,19-,20?,24+,25?/m0/s1. The van der Waals surface area contributed by atoms with Crippen LogP contribution in [0.25, 0.3) is 0 Å². The molecule has 2 N–H and O–H groups in total. The van der Waals surface area contributed by atoms with E-state index < -0.39 is 35.0 Å². The Morgan fingerprint density at radius 1 is 1.33 bits per heavy atom.